The molecule has 3 rings (SSSR count). The van der Waals surface area contributed by atoms with Gasteiger partial charge in [-0.05, 0) is 31.2 Å². The van der Waals surface area contributed by atoms with Crippen LogP contribution in [0.5, 0.6) is 23.0 Å². The molecular weight excluding hydrogens is 346 g/mol. The minimum absolute atomic E-state index is 0.0981. The molecule has 7 nitrogen and oxygen atoms in total. The first kappa shape index (κ1) is 17.4. The number of hydrogen-bond acceptors (Lipinski definition) is 6. The molecule has 1 aliphatic heterocycles. The van der Waals surface area contributed by atoms with E-state index in [0.717, 1.165) is 0 Å². The van der Waals surface area contributed by atoms with Crippen LogP contribution in [-0.2, 0) is 10.0 Å². The lowest BCUT2D eigenvalue weighted by Gasteiger charge is -2.10. The van der Waals surface area contributed by atoms with Gasteiger partial charge in [0.1, 0.15) is 18.1 Å². The fourth-order valence-electron chi connectivity index (χ4n) is 2.29. The highest BCUT2D eigenvalue weighted by molar-refractivity contribution is 7.89. The Morgan fingerprint density at radius 1 is 1.04 bits per heavy atom. The zero-order valence-corrected chi connectivity index (χ0v) is 14.5. The average Bonchev–Trinajstić information content (AvgIpc) is 3.07. The van der Waals surface area contributed by atoms with Gasteiger partial charge >= 0.3 is 0 Å². The largest absolute Gasteiger partial charge is 0.494 e. The highest BCUT2D eigenvalue weighted by Gasteiger charge is 2.19. The van der Waals surface area contributed by atoms with Gasteiger partial charge in [-0.1, -0.05) is 6.07 Å². The first-order valence-electron chi connectivity index (χ1n) is 7.83. The van der Waals surface area contributed by atoms with E-state index in [1.54, 1.807) is 18.2 Å². The van der Waals surface area contributed by atoms with Crippen molar-refractivity contribution in [1.82, 2.24) is 4.72 Å². The van der Waals surface area contributed by atoms with Crippen LogP contribution in [0.1, 0.15) is 6.92 Å². The molecule has 0 saturated heterocycles. The molecule has 0 spiro atoms. The van der Waals surface area contributed by atoms with Crippen LogP contribution in [0.25, 0.3) is 0 Å². The Hall–Kier alpha value is -2.45. The van der Waals surface area contributed by atoms with Crippen molar-refractivity contribution >= 4 is 10.0 Å². The fraction of sp³-hybridized carbons (Fsp3) is 0.294. The van der Waals surface area contributed by atoms with Gasteiger partial charge in [0.25, 0.3) is 0 Å². The van der Waals surface area contributed by atoms with Gasteiger partial charge in [0.05, 0.1) is 11.5 Å². The normalized spacial score (nSPS) is 12.8. The van der Waals surface area contributed by atoms with E-state index in [9.17, 15) is 8.42 Å². The summed E-state index contributed by atoms with van der Waals surface area (Å²) < 4.78 is 48.4. The van der Waals surface area contributed by atoms with E-state index >= 15 is 0 Å². The molecule has 0 saturated carbocycles. The van der Waals surface area contributed by atoms with Crippen molar-refractivity contribution in [2.45, 2.75) is 11.8 Å². The molecule has 0 aromatic heterocycles. The Balaban J connectivity index is 1.53. The van der Waals surface area contributed by atoms with Crippen molar-refractivity contribution in [1.29, 1.82) is 0 Å². The molecule has 2 aromatic carbocycles. The summed E-state index contributed by atoms with van der Waals surface area (Å²) in [5, 5.41) is 0. The maximum Gasteiger partial charge on any atom is 0.240 e. The number of fused-ring (bicyclic) bond motifs is 1. The smallest absolute Gasteiger partial charge is 0.240 e. The average molecular weight is 365 g/mol. The quantitative estimate of drug-likeness (QED) is 0.722. The molecule has 134 valence electrons. The summed E-state index contributed by atoms with van der Waals surface area (Å²) in [5.74, 6) is 2.29. The molecule has 8 heteroatoms. The van der Waals surface area contributed by atoms with E-state index in [1.807, 2.05) is 19.1 Å². The number of ether oxygens (including phenoxy) is 4. The minimum Gasteiger partial charge on any atom is -0.494 e. The predicted octanol–water partition coefficient (Wildman–Crippen LogP) is 2.17. The first-order valence-corrected chi connectivity index (χ1v) is 9.32. The van der Waals surface area contributed by atoms with Crippen LogP contribution < -0.4 is 23.7 Å². The van der Waals surface area contributed by atoms with Crippen LogP contribution in [0.3, 0.4) is 0 Å². The molecule has 0 radical (unpaired) electrons. The molecular formula is C17H19NO6S. The first-order chi connectivity index (χ1) is 12.1. The molecule has 1 N–H and O–H groups in total. The predicted molar refractivity (Wildman–Crippen MR) is 90.9 cm³/mol. The van der Waals surface area contributed by atoms with Gasteiger partial charge < -0.3 is 18.9 Å². The third-order valence-corrected chi connectivity index (χ3v) is 4.89. The lowest BCUT2D eigenvalue weighted by atomic mass is 10.3. The topological polar surface area (TPSA) is 83.1 Å². The molecule has 0 unspecified atom stereocenters. The lowest BCUT2D eigenvalue weighted by molar-refractivity contribution is 0.174. The van der Waals surface area contributed by atoms with Gasteiger partial charge in [0.2, 0.25) is 16.8 Å². The summed E-state index contributed by atoms with van der Waals surface area (Å²) >= 11 is 0. The number of benzene rings is 2. The van der Waals surface area contributed by atoms with Crippen LogP contribution in [-0.4, -0.2) is 35.0 Å². The summed E-state index contributed by atoms with van der Waals surface area (Å²) in [6, 6.07) is 11.7. The van der Waals surface area contributed by atoms with Crippen molar-refractivity contribution in [2.24, 2.45) is 0 Å². The van der Waals surface area contributed by atoms with Crippen molar-refractivity contribution in [2.75, 3.05) is 26.6 Å². The second-order valence-electron chi connectivity index (χ2n) is 5.17. The highest BCUT2D eigenvalue weighted by atomic mass is 32.2. The maximum absolute atomic E-state index is 12.3. The number of rotatable bonds is 8. The molecule has 0 amide bonds. The Morgan fingerprint density at radius 2 is 1.80 bits per heavy atom. The van der Waals surface area contributed by atoms with Crippen LogP contribution in [0, 0.1) is 0 Å². The van der Waals surface area contributed by atoms with Crippen LogP contribution in [0.4, 0.5) is 0 Å². The summed E-state index contributed by atoms with van der Waals surface area (Å²) in [4.78, 5) is 0.120. The molecule has 0 fully saturated rings. The third-order valence-electron chi connectivity index (χ3n) is 3.43. The van der Waals surface area contributed by atoms with Crippen molar-refractivity contribution in [3.05, 3.63) is 42.5 Å². The minimum atomic E-state index is -3.64. The van der Waals surface area contributed by atoms with Crippen molar-refractivity contribution < 1.29 is 27.4 Å². The third kappa shape index (κ3) is 4.34. The van der Waals surface area contributed by atoms with Gasteiger partial charge in [-0.3, -0.25) is 0 Å². The molecule has 1 aliphatic rings. The van der Waals surface area contributed by atoms with E-state index in [1.165, 1.54) is 12.1 Å². The molecule has 1 heterocycles. The second kappa shape index (κ2) is 7.62. The molecule has 2 aromatic rings. The summed E-state index contributed by atoms with van der Waals surface area (Å²) in [6.45, 7) is 2.90. The van der Waals surface area contributed by atoms with E-state index in [0.29, 0.717) is 29.6 Å². The Morgan fingerprint density at radius 3 is 2.60 bits per heavy atom. The summed E-state index contributed by atoms with van der Waals surface area (Å²) in [7, 11) is -3.64. The highest BCUT2D eigenvalue weighted by Crippen LogP contribution is 2.33. The fourth-order valence-corrected chi connectivity index (χ4v) is 3.32. The van der Waals surface area contributed by atoms with Crippen LogP contribution in [0.15, 0.2) is 47.4 Å². The Bertz CT molecular complexity index is 837. The zero-order valence-electron chi connectivity index (χ0n) is 13.7. The van der Waals surface area contributed by atoms with E-state index in [-0.39, 0.29) is 24.8 Å². The monoisotopic (exact) mass is 365 g/mol. The number of hydrogen-bond donors (Lipinski definition) is 1. The number of sulfonamides is 1. The maximum atomic E-state index is 12.3. The summed E-state index contributed by atoms with van der Waals surface area (Å²) in [5.41, 5.74) is 0. The Kier molecular flexibility index (Phi) is 5.30. The second-order valence-corrected chi connectivity index (χ2v) is 6.94. The standard InChI is InChI=1S/C17H19NO6S/c1-2-21-13-4-3-5-14(10-13)22-9-8-18-25(19,20)15-6-7-16-17(11-15)24-12-23-16/h3-7,10-11,18H,2,8-9,12H2,1H3. The van der Waals surface area contributed by atoms with Gasteiger partial charge in [0.15, 0.2) is 11.5 Å². The summed E-state index contributed by atoms with van der Waals surface area (Å²) in [6.07, 6.45) is 0. The van der Waals surface area contributed by atoms with Gasteiger partial charge in [0, 0.05) is 18.7 Å². The van der Waals surface area contributed by atoms with Crippen molar-refractivity contribution in [3.8, 4) is 23.0 Å². The SMILES string of the molecule is CCOc1cccc(OCCNS(=O)(=O)c2ccc3c(c2)OCO3)c1. The molecule has 0 atom stereocenters. The van der Waals surface area contributed by atoms with E-state index in [2.05, 4.69) is 4.72 Å². The van der Waals surface area contributed by atoms with Gasteiger partial charge in [-0.2, -0.15) is 0 Å². The van der Waals surface area contributed by atoms with Gasteiger partial charge in [-0.25, -0.2) is 13.1 Å². The van der Waals surface area contributed by atoms with E-state index in [4.69, 9.17) is 18.9 Å². The Labute approximate surface area is 146 Å². The van der Waals surface area contributed by atoms with Crippen molar-refractivity contribution in [3.63, 3.8) is 0 Å². The van der Waals surface area contributed by atoms with E-state index < -0.39 is 10.0 Å². The zero-order chi connectivity index (χ0) is 17.7. The van der Waals surface area contributed by atoms with Crippen LogP contribution in [0.2, 0.25) is 0 Å². The van der Waals surface area contributed by atoms with Crippen LogP contribution >= 0.6 is 0 Å². The molecule has 0 bridgehead atoms. The molecule has 0 aliphatic carbocycles. The van der Waals surface area contributed by atoms with Gasteiger partial charge in [-0.15, -0.1) is 0 Å². The lowest BCUT2D eigenvalue weighted by Crippen LogP contribution is -2.28. The molecule has 25 heavy (non-hydrogen) atoms. The number of nitrogens with one attached hydrogen (secondary N) is 1.